The van der Waals surface area contributed by atoms with E-state index in [1.165, 1.54) is 0 Å². The van der Waals surface area contributed by atoms with Crippen molar-refractivity contribution in [1.82, 2.24) is 9.88 Å². The predicted molar refractivity (Wildman–Crippen MR) is 75.3 cm³/mol. The minimum atomic E-state index is -0.800. The molecular weight excluding hydrogens is 264 g/mol. The third-order valence-corrected chi connectivity index (χ3v) is 3.75. The van der Waals surface area contributed by atoms with Gasteiger partial charge in [-0.3, -0.25) is 0 Å². The molecule has 0 aliphatic carbocycles. The molecular formula is C13H21F2N5. The van der Waals surface area contributed by atoms with Crippen LogP contribution in [0, 0.1) is 17.6 Å². The number of rotatable bonds is 5. The second-order valence-corrected chi connectivity index (χ2v) is 5.26. The summed E-state index contributed by atoms with van der Waals surface area (Å²) in [4.78, 5) is 6.09. The summed E-state index contributed by atoms with van der Waals surface area (Å²) in [6.07, 6.45) is 3.28. The van der Waals surface area contributed by atoms with Crippen molar-refractivity contribution in [3.63, 3.8) is 0 Å². The van der Waals surface area contributed by atoms with Gasteiger partial charge in [-0.2, -0.15) is 0 Å². The lowest BCUT2D eigenvalue weighted by atomic mass is 9.94. The molecule has 0 saturated carbocycles. The summed E-state index contributed by atoms with van der Waals surface area (Å²) in [5.41, 5.74) is 2.11. The van der Waals surface area contributed by atoms with Crippen molar-refractivity contribution in [2.75, 3.05) is 37.4 Å². The van der Waals surface area contributed by atoms with Gasteiger partial charge >= 0.3 is 0 Å². The van der Waals surface area contributed by atoms with E-state index in [4.69, 9.17) is 5.84 Å². The van der Waals surface area contributed by atoms with Crippen molar-refractivity contribution < 1.29 is 8.78 Å². The van der Waals surface area contributed by atoms with Crippen molar-refractivity contribution in [2.24, 2.45) is 11.8 Å². The molecule has 0 amide bonds. The maximum atomic E-state index is 13.5. The van der Waals surface area contributed by atoms with Crippen LogP contribution in [0.5, 0.6) is 0 Å². The van der Waals surface area contributed by atoms with Gasteiger partial charge in [0.15, 0.2) is 23.3 Å². The number of likely N-dealkylation sites (tertiary alicyclic amines) is 1. The molecule has 1 aliphatic heterocycles. The van der Waals surface area contributed by atoms with Crippen LogP contribution < -0.4 is 16.6 Å². The van der Waals surface area contributed by atoms with E-state index in [1.807, 2.05) is 0 Å². The maximum absolute atomic E-state index is 13.5. The highest BCUT2D eigenvalue weighted by Gasteiger charge is 2.17. The Morgan fingerprint density at radius 2 is 1.95 bits per heavy atom. The Hall–Kier alpha value is -1.47. The third kappa shape index (κ3) is 3.77. The highest BCUT2D eigenvalue weighted by atomic mass is 19.1. The zero-order valence-electron chi connectivity index (χ0n) is 11.6. The van der Waals surface area contributed by atoms with Crippen LogP contribution in [-0.4, -0.2) is 36.6 Å². The Labute approximate surface area is 117 Å². The van der Waals surface area contributed by atoms with Crippen LogP contribution in [0.15, 0.2) is 6.07 Å². The number of hydrogen-bond acceptors (Lipinski definition) is 5. The average molecular weight is 285 g/mol. The van der Waals surface area contributed by atoms with Gasteiger partial charge in [0.05, 0.1) is 0 Å². The number of aromatic nitrogens is 1. The molecule has 112 valence electrons. The van der Waals surface area contributed by atoms with Crippen LogP contribution in [0.2, 0.25) is 0 Å². The Balaban J connectivity index is 1.85. The van der Waals surface area contributed by atoms with E-state index in [1.54, 1.807) is 0 Å². The molecule has 0 atom stereocenters. The number of pyridine rings is 1. The molecule has 2 heterocycles. The van der Waals surface area contributed by atoms with Crippen LogP contribution in [0.1, 0.15) is 19.3 Å². The Kier molecular flexibility index (Phi) is 5.08. The van der Waals surface area contributed by atoms with Crippen LogP contribution in [0.4, 0.5) is 20.4 Å². The lowest BCUT2D eigenvalue weighted by Crippen LogP contribution is -2.31. The number of nitrogen functional groups attached to an aromatic ring is 1. The normalized spacial score (nSPS) is 17.2. The molecule has 20 heavy (non-hydrogen) atoms. The first-order chi connectivity index (χ1) is 9.60. The summed E-state index contributed by atoms with van der Waals surface area (Å²) < 4.78 is 26.7. The van der Waals surface area contributed by atoms with Crippen LogP contribution in [0.3, 0.4) is 0 Å². The fourth-order valence-electron chi connectivity index (χ4n) is 2.44. The van der Waals surface area contributed by atoms with E-state index in [2.05, 4.69) is 27.7 Å². The van der Waals surface area contributed by atoms with Gasteiger partial charge in [0.1, 0.15) is 0 Å². The number of nitrogens with zero attached hydrogens (tertiary/aromatic N) is 2. The smallest absolute Gasteiger partial charge is 0.178 e. The minimum Gasteiger partial charge on any atom is -0.368 e. The van der Waals surface area contributed by atoms with Gasteiger partial charge < -0.3 is 15.6 Å². The Morgan fingerprint density at radius 1 is 1.30 bits per heavy atom. The van der Waals surface area contributed by atoms with Gasteiger partial charge in [-0.05, 0) is 45.3 Å². The highest BCUT2D eigenvalue weighted by molar-refractivity contribution is 5.46. The molecule has 1 aromatic rings. The van der Waals surface area contributed by atoms with E-state index >= 15 is 0 Å². The fourth-order valence-corrected chi connectivity index (χ4v) is 2.44. The number of anilines is 2. The lowest BCUT2D eigenvalue weighted by molar-refractivity contribution is 0.215. The summed E-state index contributed by atoms with van der Waals surface area (Å²) >= 11 is 0. The largest absolute Gasteiger partial charge is 0.368 e. The van der Waals surface area contributed by atoms with Gasteiger partial charge in [0, 0.05) is 12.6 Å². The molecule has 0 radical (unpaired) electrons. The van der Waals surface area contributed by atoms with E-state index < -0.39 is 11.6 Å². The first-order valence-electron chi connectivity index (χ1n) is 6.85. The van der Waals surface area contributed by atoms with E-state index in [-0.39, 0.29) is 11.6 Å². The summed E-state index contributed by atoms with van der Waals surface area (Å²) in [6, 6.07) is 0.778. The molecule has 0 aromatic carbocycles. The van der Waals surface area contributed by atoms with E-state index in [9.17, 15) is 8.78 Å². The molecule has 4 N–H and O–H groups in total. The zero-order chi connectivity index (χ0) is 14.5. The SMILES string of the molecule is CN1CCC(CCNc2nc(NN)c(F)cc2F)CC1. The number of nitrogens with one attached hydrogen (secondary N) is 2. The second kappa shape index (κ2) is 6.81. The van der Waals surface area contributed by atoms with Crippen molar-refractivity contribution in [1.29, 1.82) is 0 Å². The van der Waals surface area contributed by atoms with Gasteiger partial charge in [-0.15, -0.1) is 0 Å². The van der Waals surface area contributed by atoms with Crippen molar-refractivity contribution in [3.05, 3.63) is 17.7 Å². The average Bonchev–Trinajstić information content (AvgIpc) is 2.43. The quantitative estimate of drug-likeness (QED) is 0.568. The van der Waals surface area contributed by atoms with E-state index in [0.717, 1.165) is 38.4 Å². The molecule has 0 bridgehead atoms. The maximum Gasteiger partial charge on any atom is 0.178 e. The van der Waals surface area contributed by atoms with E-state index in [0.29, 0.717) is 12.5 Å². The molecule has 1 aliphatic rings. The predicted octanol–water partition coefficient (Wildman–Crippen LogP) is 1.79. The van der Waals surface area contributed by atoms with Crippen LogP contribution >= 0.6 is 0 Å². The molecule has 2 rings (SSSR count). The van der Waals surface area contributed by atoms with Crippen LogP contribution in [0.25, 0.3) is 0 Å². The molecule has 5 nitrogen and oxygen atoms in total. The van der Waals surface area contributed by atoms with Crippen molar-refractivity contribution >= 4 is 11.6 Å². The summed E-state index contributed by atoms with van der Waals surface area (Å²) in [6.45, 7) is 2.83. The number of hydrazine groups is 1. The standard InChI is InChI=1S/C13H21F2N5/c1-20-6-3-9(4-7-20)2-5-17-12-10(14)8-11(15)13(18-12)19-16/h8-9H,2-7,16H2,1H3,(H2,17,18,19). The first kappa shape index (κ1) is 14.9. The fraction of sp³-hybridized carbons (Fsp3) is 0.615. The van der Waals surface area contributed by atoms with Crippen molar-refractivity contribution in [3.8, 4) is 0 Å². The minimum absolute atomic E-state index is 0.0345. The van der Waals surface area contributed by atoms with Gasteiger partial charge in [-0.25, -0.2) is 19.6 Å². The van der Waals surface area contributed by atoms with Gasteiger partial charge in [0.25, 0.3) is 0 Å². The Bertz CT molecular complexity index is 447. The topological polar surface area (TPSA) is 66.2 Å². The number of halogens is 2. The number of hydrogen-bond donors (Lipinski definition) is 3. The molecule has 1 saturated heterocycles. The molecule has 1 aromatic heterocycles. The molecule has 1 fully saturated rings. The first-order valence-corrected chi connectivity index (χ1v) is 6.85. The monoisotopic (exact) mass is 285 g/mol. The Morgan fingerprint density at radius 3 is 2.60 bits per heavy atom. The molecule has 0 unspecified atom stereocenters. The summed E-state index contributed by atoms with van der Waals surface area (Å²) in [5.74, 6) is 4.14. The second-order valence-electron chi connectivity index (χ2n) is 5.26. The summed E-state index contributed by atoms with van der Waals surface area (Å²) in [5, 5.41) is 2.91. The molecule has 0 spiro atoms. The van der Waals surface area contributed by atoms with Gasteiger partial charge in [0.2, 0.25) is 0 Å². The van der Waals surface area contributed by atoms with Crippen LogP contribution in [-0.2, 0) is 0 Å². The van der Waals surface area contributed by atoms with Gasteiger partial charge in [-0.1, -0.05) is 0 Å². The third-order valence-electron chi connectivity index (χ3n) is 3.75. The highest BCUT2D eigenvalue weighted by Crippen LogP contribution is 2.21. The number of piperidine rings is 1. The summed E-state index contributed by atoms with van der Waals surface area (Å²) in [7, 11) is 2.12. The number of nitrogens with two attached hydrogens (primary N) is 1. The molecule has 7 heteroatoms. The lowest BCUT2D eigenvalue weighted by Gasteiger charge is -2.28. The zero-order valence-corrected chi connectivity index (χ0v) is 11.6. The van der Waals surface area contributed by atoms with Crippen molar-refractivity contribution in [2.45, 2.75) is 19.3 Å².